The molecular weight excluding hydrogens is 460 g/mol. The third-order valence-electron chi connectivity index (χ3n) is 5.67. The minimum Gasteiger partial charge on any atom is -0.343 e. The van der Waals surface area contributed by atoms with Gasteiger partial charge in [0.2, 0.25) is 11.8 Å². The number of para-hydroxylation sites is 1. The molecular formula is C24H25F2N5O4. The van der Waals surface area contributed by atoms with Crippen LogP contribution in [0.15, 0.2) is 30.5 Å². The number of nitrogens with zero attached hydrogens (tertiary/aromatic N) is 3. The second kappa shape index (κ2) is 10.5. The van der Waals surface area contributed by atoms with Gasteiger partial charge in [0.1, 0.15) is 11.8 Å². The first-order valence-corrected chi connectivity index (χ1v) is 11.1. The molecule has 1 aliphatic heterocycles. The first kappa shape index (κ1) is 25.7. The molecule has 1 aromatic heterocycles. The van der Waals surface area contributed by atoms with E-state index in [2.05, 4.69) is 15.6 Å². The van der Waals surface area contributed by atoms with Crippen LogP contribution in [0.4, 0.5) is 14.5 Å². The fourth-order valence-corrected chi connectivity index (χ4v) is 3.76. The lowest BCUT2D eigenvalue weighted by molar-refractivity contribution is -0.131. The van der Waals surface area contributed by atoms with Crippen LogP contribution in [0.5, 0.6) is 0 Å². The molecule has 0 bridgehead atoms. The highest BCUT2D eigenvalue weighted by Gasteiger charge is 2.47. The van der Waals surface area contributed by atoms with Gasteiger partial charge in [0.25, 0.3) is 11.8 Å². The molecule has 1 atom stereocenters. The van der Waals surface area contributed by atoms with E-state index in [1.807, 2.05) is 0 Å². The van der Waals surface area contributed by atoms with Gasteiger partial charge in [-0.3, -0.25) is 24.2 Å². The second-order valence-corrected chi connectivity index (χ2v) is 8.64. The van der Waals surface area contributed by atoms with Gasteiger partial charge in [0.15, 0.2) is 0 Å². The van der Waals surface area contributed by atoms with Gasteiger partial charge in [0, 0.05) is 36.8 Å². The van der Waals surface area contributed by atoms with Crippen LogP contribution in [0, 0.1) is 17.2 Å². The molecule has 2 N–H and O–H groups in total. The van der Waals surface area contributed by atoms with Crippen molar-refractivity contribution in [3.63, 3.8) is 0 Å². The van der Waals surface area contributed by atoms with Crippen LogP contribution in [0.3, 0.4) is 0 Å². The lowest BCUT2D eigenvalue weighted by Crippen LogP contribution is -2.43. The average molecular weight is 485 g/mol. The Morgan fingerprint density at radius 1 is 1.23 bits per heavy atom. The molecule has 0 spiro atoms. The van der Waals surface area contributed by atoms with Crippen LogP contribution in [0.1, 0.15) is 43.5 Å². The summed E-state index contributed by atoms with van der Waals surface area (Å²) in [6, 6.07) is 6.70. The number of carbonyl (C=O) groups excluding carboxylic acids is 4. The number of benzene rings is 1. The van der Waals surface area contributed by atoms with E-state index in [1.54, 1.807) is 38.1 Å². The molecule has 1 fully saturated rings. The Labute approximate surface area is 200 Å². The number of aromatic nitrogens is 1. The average Bonchev–Trinajstić information content (AvgIpc) is 3.15. The number of Topliss-reactive ketones (excluding diaryl/α,β-unsaturated/α-hetero) is 1. The van der Waals surface area contributed by atoms with E-state index in [0.29, 0.717) is 16.6 Å². The van der Waals surface area contributed by atoms with E-state index in [0.717, 1.165) is 4.90 Å². The normalized spacial score (nSPS) is 16.7. The molecule has 9 nitrogen and oxygen atoms in total. The number of hydrogen-bond acceptors (Lipinski definition) is 6. The summed E-state index contributed by atoms with van der Waals surface area (Å²) in [5, 5.41) is 14.6. The Balaban J connectivity index is 1.70. The number of alkyl halides is 2. The van der Waals surface area contributed by atoms with Gasteiger partial charge >= 0.3 is 0 Å². The summed E-state index contributed by atoms with van der Waals surface area (Å²) in [5.74, 6) is -5.14. The number of nitriles is 1. The molecule has 1 saturated heterocycles. The maximum atomic E-state index is 13.6. The molecule has 11 heteroatoms. The van der Waals surface area contributed by atoms with Gasteiger partial charge < -0.3 is 15.5 Å². The molecule has 3 rings (SSSR count). The number of amides is 3. The van der Waals surface area contributed by atoms with Gasteiger partial charge in [-0.2, -0.15) is 5.26 Å². The van der Waals surface area contributed by atoms with Crippen molar-refractivity contribution in [1.29, 1.82) is 5.26 Å². The fraction of sp³-hybridized carbons (Fsp3) is 0.417. The predicted octanol–water partition coefficient (Wildman–Crippen LogP) is 2.67. The molecule has 0 unspecified atom stereocenters. The largest absolute Gasteiger partial charge is 0.343 e. The van der Waals surface area contributed by atoms with Gasteiger partial charge in [0.05, 0.1) is 35.9 Å². The van der Waals surface area contributed by atoms with Crippen LogP contribution in [0.2, 0.25) is 0 Å². The summed E-state index contributed by atoms with van der Waals surface area (Å²) in [6.45, 7) is 2.09. The zero-order valence-electron chi connectivity index (χ0n) is 19.3. The van der Waals surface area contributed by atoms with Gasteiger partial charge in [-0.25, -0.2) is 8.78 Å². The molecule has 3 amide bonds. The Morgan fingerprint density at radius 2 is 1.97 bits per heavy atom. The predicted molar refractivity (Wildman–Crippen MR) is 122 cm³/mol. The van der Waals surface area contributed by atoms with Crippen molar-refractivity contribution in [2.45, 2.75) is 45.1 Å². The number of carbonyl (C=O) groups is 4. The summed E-state index contributed by atoms with van der Waals surface area (Å²) >= 11 is 0. The number of nitrogens with one attached hydrogen (secondary N) is 2. The van der Waals surface area contributed by atoms with Crippen molar-refractivity contribution < 1.29 is 28.0 Å². The van der Waals surface area contributed by atoms with E-state index in [4.69, 9.17) is 5.26 Å². The molecule has 2 heterocycles. The number of rotatable bonds is 8. The summed E-state index contributed by atoms with van der Waals surface area (Å²) in [5.41, 5.74) is 0.850. The third kappa shape index (κ3) is 6.15. The smallest absolute Gasteiger partial charge is 0.268 e. The lowest BCUT2D eigenvalue weighted by atomic mass is 10.0. The number of halogens is 2. The topological polar surface area (TPSA) is 132 Å². The maximum absolute atomic E-state index is 13.6. The number of hydrogen-bond donors (Lipinski definition) is 2. The Bertz CT molecular complexity index is 1210. The van der Waals surface area contributed by atoms with Crippen molar-refractivity contribution in [3.05, 3.63) is 36.0 Å². The van der Waals surface area contributed by atoms with Crippen LogP contribution in [0.25, 0.3) is 10.9 Å². The Morgan fingerprint density at radius 3 is 2.66 bits per heavy atom. The molecule has 35 heavy (non-hydrogen) atoms. The van der Waals surface area contributed by atoms with E-state index >= 15 is 0 Å². The van der Waals surface area contributed by atoms with Crippen LogP contribution < -0.4 is 10.6 Å². The highest BCUT2D eigenvalue weighted by Crippen LogP contribution is 2.31. The highest BCUT2D eigenvalue weighted by atomic mass is 19.3. The Kier molecular flexibility index (Phi) is 7.74. The van der Waals surface area contributed by atoms with E-state index < -0.39 is 43.3 Å². The Hall–Kier alpha value is -3.94. The number of likely N-dealkylation sites (tertiary alicyclic amines) is 1. The summed E-state index contributed by atoms with van der Waals surface area (Å²) in [6.07, 6.45) is 0.746. The van der Waals surface area contributed by atoms with Crippen molar-refractivity contribution in [2.75, 3.05) is 18.4 Å². The minimum absolute atomic E-state index is 0.00886. The van der Waals surface area contributed by atoms with Crippen LogP contribution >= 0.6 is 0 Å². The monoisotopic (exact) mass is 485 g/mol. The molecule has 0 radical (unpaired) electrons. The molecule has 0 aliphatic carbocycles. The molecule has 1 aliphatic rings. The minimum atomic E-state index is -3.15. The summed E-state index contributed by atoms with van der Waals surface area (Å²) in [4.78, 5) is 54.3. The van der Waals surface area contributed by atoms with Crippen molar-refractivity contribution in [2.24, 2.45) is 5.92 Å². The highest BCUT2D eigenvalue weighted by molar-refractivity contribution is 6.10. The summed E-state index contributed by atoms with van der Waals surface area (Å²) in [7, 11) is 0. The fourth-order valence-electron chi connectivity index (χ4n) is 3.76. The van der Waals surface area contributed by atoms with Crippen molar-refractivity contribution >= 4 is 40.1 Å². The number of fused-ring (bicyclic) bond motifs is 1. The van der Waals surface area contributed by atoms with Gasteiger partial charge in [-0.1, -0.05) is 26.0 Å². The lowest BCUT2D eigenvalue weighted by Gasteiger charge is -2.19. The van der Waals surface area contributed by atoms with Crippen molar-refractivity contribution in [1.82, 2.24) is 15.2 Å². The standard InChI is InChI=1S/C24H25F2N5O4/c1-14(2)19(32)6-7-20(33)30-18-5-3-4-16-17(8-9-28-22(16)18)23(35)29-12-21(34)31-13-24(25,26)10-15(31)11-27/h3-5,8-9,14-15H,6-7,10,12-13H2,1-2H3,(H,29,35)(H,30,33)/t15-/m0/s1. The second-order valence-electron chi connectivity index (χ2n) is 8.64. The molecule has 0 saturated carbocycles. The third-order valence-corrected chi connectivity index (χ3v) is 5.67. The summed E-state index contributed by atoms with van der Waals surface area (Å²) < 4.78 is 27.2. The molecule has 1 aromatic carbocycles. The first-order valence-electron chi connectivity index (χ1n) is 11.1. The number of pyridine rings is 1. The molecule has 2 aromatic rings. The van der Waals surface area contributed by atoms with Crippen LogP contribution in [-0.4, -0.2) is 58.4 Å². The van der Waals surface area contributed by atoms with Crippen molar-refractivity contribution in [3.8, 4) is 6.07 Å². The first-order chi connectivity index (χ1) is 16.5. The quantitative estimate of drug-likeness (QED) is 0.591. The van der Waals surface area contributed by atoms with E-state index in [-0.39, 0.29) is 36.0 Å². The number of ketones is 1. The zero-order valence-corrected chi connectivity index (χ0v) is 19.3. The van der Waals surface area contributed by atoms with Crippen LogP contribution in [-0.2, 0) is 14.4 Å². The maximum Gasteiger partial charge on any atom is 0.268 e. The number of anilines is 1. The SMILES string of the molecule is CC(C)C(=O)CCC(=O)Nc1cccc2c(C(=O)NCC(=O)N3CC(F)(F)C[C@H]3C#N)ccnc12. The molecule has 184 valence electrons. The van der Waals surface area contributed by atoms with E-state index in [9.17, 15) is 28.0 Å². The van der Waals surface area contributed by atoms with E-state index in [1.165, 1.54) is 12.3 Å². The van der Waals surface area contributed by atoms with Gasteiger partial charge in [-0.05, 0) is 12.1 Å². The van der Waals surface area contributed by atoms with Gasteiger partial charge in [-0.15, -0.1) is 0 Å². The zero-order chi connectivity index (χ0) is 25.8.